The largest absolute Gasteiger partial charge is 0.611 e. The van der Waals surface area contributed by atoms with Crippen LogP contribution in [-0.4, -0.2) is 44.8 Å². The van der Waals surface area contributed by atoms with E-state index in [-0.39, 0.29) is 28.1 Å². The Labute approximate surface area is 174 Å². The average Bonchev–Trinajstić information content (AvgIpc) is 2.67. The van der Waals surface area contributed by atoms with Crippen LogP contribution in [0.25, 0.3) is 0 Å². The molecule has 0 bridgehead atoms. The van der Waals surface area contributed by atoms with Crippen LogP contribution < -0.4 is 15.5 Å². The molecule has 1 aliphatic carbocycles. The Morgan fingerprint density at radius 3 is 2.50 bits per heavy atom. The summed E-state index contributed by atoms with van der Waals surface area (Å²) in [5, 5.41) is 5.68. The van der Waals surface area contributed by atoms with E-state index in [1.807, 2.05) is 0 Å². The van der Waals surface area contributed by atoms with Gasteiger partial charge in [0.2, 0.25) is 11.9 Å². The molecule has 0 saturated heterocycles. The molecule has 1 aliphatic heterocycles. The van der Waals surface area contributed by atoms with Gasteiger partial charge in [0.25, 0.3) is 0 Å². The van der Waals surface area contributed by atoms with Crippen LogP contribution in [0.15, 0.2) is 17.0 Å². The van der Waals surface area contributed by atoms with Crippen molar-refractivity contribution in [2.75, 3.05) is 22.6 Å². The lowest BCUT2D eigenvalue weighted by Crippen LogP contribution is -2.46. The van der Waals surface area contributed by atoms with E-state index in [0.717, 1.165) is 12.1 Å². The Morgan fingerprint density at radius 2 is 1.87 bits per heavy atom. The number of carbonyl (C=O) groups is 1. The van der Waals surface area contributed by atoms with Gasteiger partial charge in [0.05, 0.1) is 5.69 Å². The first-order chi connectivity index (χ1) is 14.2. The van der Waals surface area contributed by atoms with Crippen molar-refractivity contribution in [3.8, 4) is 0 Å². The van der Waals surface area contributed by atoms with E-state index in [9.17, 15) is 22.5 Å². The van der Waals surface area contributed by atoms with Crippen molar-refractivity contribution in [3.63, 3.8) is 0 Å². The molecule has 1 aromatic carbocycles. The second-order valence-corrected chi connectivity index (χ2v) is 9.27. The molecule has 7 nitrogen and oxygen atoms in total. The van der Waals surface area contributed by atoms with Crippen molar-refractivity contribution >= 4 is 34.5 Å². The first kappa shape index (κ1) is 20.7. The normalized spacial score (nSPS) is 24.0. The van der Waals surface area contributed by atoms with Crippen LogP contribution >= 0.6 is 0 Å². The molecule has 2 N–H and O–H groups in total. The van der Waals surface area contributed by atoms with Crippen LogP contribution in [0.3, 0.4) is 0 Å². The second kappa shape index (κ2) is 7.62. The summed E-state index contributed by atoms with van der Waals surface area (Å²) in [5.41, 5.74) is 1.19. The maximum Gasteiger partial charge on any atom is 0.246 e. The van der Waals surface area contributed by atoms with Crippen molar-refractivity contribution < 1.29 is 22.5 Å². The van der Waals surface area contributed by atoms with E-state index in [1.54, 1.807) is 25.8 Å². The maximum atomic E-state index is 13.4. The molecule has 2 aliphatic rings. The third-order valence-electron chi connectivity index (χ3n) is 5.53. The van der Waals surface area contributed by atoms with Gasteiger partial charge in [-0.25, -0.2) is 18.2 Å². The topological polar surface area (TPSA) is 93.2 Å². The van der Waals surface area contributed by atoms with E-state index in [2.05, 4.69) is 20.6 Å². The monoisotopic (exact) mass is 439 g/mol. The number of nitrogens with one attached hydrogen (secondary N) is 2. The molecule has 1 amide bonds. The van der Waals surface area contributed by atoms with Crippen molar-refractivity contribution in [2.45, 2.75) is 48.9 Å². The summed E-state index contributed by atoms with van der Waals surface area (Å²) >= 11 is -1.65. The van der Waals surface area contributed by atoms with Gasteiger partial charge in [0.1, 0.15) is 17.0 Å². The summed E-state index contributed by atoms with van der Waals surface area (Å²) in [7, 11) is 1.78. The number of aryl methyl sites for hydroxylation is 1. The molecule has 1 fully saturated rings. The fourth-order valence-corrected chi connectivity index (χ4v) is 5.13. The maximum absolute atomic E-state index is 13.4. The highest BCUT2D eigenvalue weighted by atomic mass is 32.2. The van der Waals surface area contributed by atoms with Gasteiger partial charge in [-0.2, -0.15) is 4.98 Å². The number of halogens is 3. The number of hydrogen-bond donors (Lipinski definition) is 2. The Hall–Kier alpha value is -2.53. The average molecular weight is 439 g/mol. The first-order valence-corrected chi connectivity index (χ1v) is 10.6. The van der Waals surface area contributed by atoms with Gasteiger partial charge in [0, 0.05) is 38.1 Å². The minimum Gasteiger partial charge on any atom is -0.611 e. The Morgan fingerprint density at radius 1 is 1.23 bits per heavy atom. The first-order valence-electron chi connectivity index (χ1n) is 9.39. The highest BCUT2D eigenvalue weighted by Gasteiger charge is 2.40. The Bertz CT molecular complexity index is 995. The standard InChI is InChI=1S/C19H20F3N5O2S/c1-8-16-17(27(3)9(2)18(28)25-16)26-19(23-8)24-10-4-11(5-10)30(29)12-6-13(20)15(22)14(21)7-12/h6-7,9-11H,4-5H2,1-3H3,(H,25,28)(H,23,24,26)/t9-,10-,11+,30-/m0/s1. The number of amides is 1. The van der Waals surface area contributed by atoms with Crippen molar-refractivity contribution in [2.24, 2.45) is 0 Å². The van der Waals surface area contributed by atoms with Crippen molar-refractivity contribution in [3.05, 3.63) is 35.3 Å². The number of carbonyl (C=O) groups excluding carboxylic acids is 1. The number of aromatic nitrogens is 2. The van der Waals surface area contributed by atoms with Gasteiger partial charge >= 0.3 is 0 Å². The minimum absolute atomic E-state index is 0.0625. The lowest BCUT2D eigenvalue weighted by atomic mass is 9.92. The van der Waals surface area contributed by atoms with Gasteiger partial charge < -0.3 is 20.1 Å². The number of nitrogens with zero attached hydrogens (tertiary/aromatic N) is 3. The predicted octanol–water partition coefficient (Wildman–Crippen LogP) is 2.73. The number of anilines is 3. The summed E-state index contributed by atoms with van der Waals surface area (Å²) in [6, 6.07) is 1.12. The zero-order valence-electron chi connectivity index (χ0n) is 16.5. The molecule has 4 rings (SSSR count). The molecule has 1 saturated carbocycles. The van der Waals surface area contributed by atoms with E-state index in [1.165, 1.54) is 0 Å². The zero-order valence-corrected chi connectivity index (χ0v) is 17.3. The van der Waals surface area contributed by atoms with Crippen molar-refractivity contribution in [1.82, 2.24) is 9.97 Å². The number of fused-ring (bicyclic) bond motifs is 1. The highest BCUT2D eigenvalue weighted by Crippen LogP contribution is 2.36. The second-order valence-electron chi connectivity index (χ2n) is 7.54. The van der Waals surface area contributed by atoms with Crippen LogP contribution in [0, 0.1) is 24.4 Å². The van der Waals surface area contributed by atoms with Gasteiger partial charge in [-0.3, -0.25) is 4.79 Å². The third-order valence-corrected chi connectivity index (χ3v) is 7.22. The molecular formula is C19H20F3N5O2S. The Balaban J connectivity index is 1.43. The molecule has 2 heterocycles. The number of hydrogen-bond acceptors (Lipinski definition) is 6. The molecule has 30 heavy (non-hydrogen) atoms. The number of likely N-dealkylation sites (N-methyl/N-ethyl adjacent to an activating group) is 1. The van der Waals surface area contributed by atoms with Gasteiger partial charge in [-0.05, 0) is 25.0 Å². The molecular weight excluding hydrogens is 419 g/mol. The molecule has 0 spiro atoms. The number of benzene rings is 1. The van der Waals surface area contributed by atoms with Crippen LogP contribution in [-0.2, 0) is 16.0 Å². The molecule has 2 atom stereocenters. The summed E-state index contributed by atoms with van der Waals surface area (Å²) in [4.78, 5) is 22.6. The zero-order chi connectivity index (χ0) is 21.7. The lowest BCUT2D eigenvalue weighted by molar-refractivity contribution is -0.117. The fourth-order valence-electron chi connectivity index (χ4n) is 3.49. The molecule has 0 radical (unpaired) electrons. The van der Waals surface area contributed by atoms with Crippen LogP contribution in [0.1, 0.15) is 25.5 Å². The SMILES string of the molecule is Cc1nc(N[C@H]2C[C@@H]([S@+]([O-])c3cc(F)c(F)c(F)c3)C2)nc2c1NC(=O)[C@H](C)N2C. The number of rotatable bonds is 4. The summed E-state index contributed by atoms with van der Waals surface area (Å²) in [6.07, 6.45) is 0.964. The molecule has 1 aromatic heterocycles. The van der Waals surface area contributed by atoms with E-state index in [0.29, 0.717) is 36.0 Å². The van der Waals surface area contributed by atoms with Crippen molar-refractivity contribution in [1.29, 1.82) is 0 Å². The van der Waals surface area contributed by atoms with E-state index < -0.39 is 28.6 Å². The molecule has 2 aromatic rings. The summed E-state index contributed by atoms with van der Waals surface area (Å²) in [5.74, 6) is -3.41. The van der Waals surface area contributed by atoms with Crippen LogP contribution in [0.5, 0.6) is 0 Å². The summed E-state index contributed by atoms with van der Waals surface area (Å²) < 4.78 is 52.4. The van der Waals surface area contributed by atoms with Crippen LogP contribution in [0.4, 0.5) is 30.6 Å². The van der Waals surface area contributed by atoms with E-state index in [4.69, 9.17) is 0 Å². The van der Waals surface area contributed by atoms with Gasteiger partial charge in [-0.1, -0.05) is 0 Å². The smallest absolute Gasteiger partial charge is 0.246 e. The fraction of sp³-hybridized carbons (Fsp3) is 0.421. The lowest BCUT2D eigenvalue weighted by Gasteiger charge is -2.37. The quantitative estimate of drug-likeness (QED) is 0.562. The predicted molar refractivity (Wildman–Crippen MR) is 106 cm³/mol. The van der Waals surface area contributed by atoms with Gasteiger partial charge in [0.15, 0.2) is 28.2 Å². The van der Waals surface area contributed by atoms with Gasteiger partial charge in [-0.15, -0.1) is 0 Å². The summed E-state index contributed by atoms with van der Waals surface area (Å²) in [6.45, 7) is 3.54. The Kier molecular flexibility index (Phi) is 5.27. The van der Waals surface area contributed by atoms with E-state index >= 15 is 0 Å². The third kappa shape index (κ3) is 3.56. The highest BCUT2D eigenvalue weighted by molar-refractivity contribution is 7.92. The molecule has 11 heteroatoms. The molecule has 160 valence electrons. The minimum atomic E-state index is -1.65. The van der Waals surface area contributed by atoms with Crippen LogP contribution in [0.2, 0.25) is 0 Å². The molecule has 0 unspecified atom stereocenters.